The molecule has 188 valence electrons. The Morgan fingerprint density at radius 3 is 2.30 bits per heavy atom. The van der Waals surface area contributed by atoms with Crippen molar-refractivity contribution in [2.24, 2.45) is 11.7 Å². The van der Waals surface area contributed by atoms with E-state index in [1.807, 2.05) is 24.3 Å². The molecule has 11 nitrogen and oxygen atoms in total. The highest BCUT2D eigenvalue weighted by atomic mass is 16.5. The number of nitrogens with zero attached hydrogens (tertiary/aromatic N) is 3. The number of aliphatic carboxylic acids is 2. The minimum Gasteiger partial charge on any atom is -0.481 e. The highest BCUT2D eigenvalue weighted by Crippen LogP contribution is 2.23. The summed E-state index contributed by atoms with van der Waals surface area (Å²) < 4.78 is 5.49. The number of carboxylic acids is 2. The number of carboxylic acid groups (broad SMARTS) is 2. The van der Waals surface area contributed by atoms with Crippen LogP contribution in [0.1, 0.15) is 45.1 Å². The van der Waals surface area contributed by atoms with Gasteiger partial charge in [0.1, 0.15) is 0 Å². The van der Waals surface area contributed by atoms with Crippen LogP contribution >= 0.6 is 0 Å². The number of amides is 1. The third-order valence-corrected chi connectivity index (χ3v) is 5.53. The first-order valence-corrected chi connectivity index (χ1v) is 11.3. The van der Waals surface area contributed by atoms with Gasteiger partial charge in [0.05, 0.1) is 12.1 Å². The predicted molar refractivity (Wildman–Crippen MR) is 123 cm³/mol. The lowest BCUT2D eigenvalue weighted by Crippen LogP contribution is -2.47. The largest absolute Gasteiger partial charge is 0.481 e. The molecule has 3 rings (SSSR count). The van der Waals surface area contributed by atoms with Crippen LogP contribution in [-0.2, 0) is 25.5 Å². The summed E-state index contributed by atoms with van der Waals surface area (Å²) in [5.41, 5.74) is 7.42. The molecule has 1 amide bonds. The number of ether oxygens (including phenoxy) is 1. The Bertz CT molecular complexity index is 688. The topological polar surface area (TPSA) is 162 Å². The Morgan fingerprint density at radius 1 is 1.15 bits per heavy atom. The quantitative estimate of drug-likeness (QED) is 0.489. The Hall–Kier alpha value is -2.50. The van der Waals surface area contributed by atoms with Gasteiger partial charge in [-0.05, 0) is 37.7 Å². The van der Waals surface area contributed by atoms with E-state index < -0.39 is 11.9 Å². The van der Waals surface area contributed by atoms with Crippen LogP contribution in [0.5, 0.6) is 0 Å². The zero-order valence-corrected chi connectivity index (χ0v) is 19.9. The summed E-state index contributed by atoms with van der Waals surface area (Å²) in [7, 11) is 1.91. The summed E-state index contributed by atoms with van der Waals surface area (Å²) in [5.74, 6) is -1.37. The Labute approximate surface area is 195 Å². The molecule has 2 aliphatic heterocycles. The minimum atomic E-state index is -0.833. The molecule has 5 N–H and O–H groups in total. The Balaban J connectivity index is 0.000000591. The summed E-state index contributed by atoms with van der Waals surface area (Å²) in [6.45, 7) is 6.25. The fourth-order valence-electron chi connectivity index (χ4n) is 3.94. The second-order valence-electron chi connectivity index (χ2n) is 8.49. The molecule has 1 aromatic rings. The van der Waals surface area contributed by atoms with Gasteiger partial charge in [-0.2, -0.15) is 5.10 Å². The number of aromatic amines is 1. The molecular weight excluding hydrogens is 430 g/mol. The third-order valence-electron chi connectivity index (χ3n) is 5.53. The van der Waals surface area contributed by atoms with E-state index >= 15 is 0 Å². The van der Waals surface area contributed by atoms with E-state index in [0.29, 0.717) is 6.04 Å². The number of nitrogens with one attached hydrogen (secondary N) is 1. The van der Waals surface area contributed by atoms with Gasteiger partial charge in [-0.1, -0.05) is 0 Å². The van der Waals surface area contributed by atoms with Crippen molar-refractivity contribution in [2.75, 3.05) is 39.9 Å². The molecule has 0 saturated carbocycles. The van der Waals surface area contributed by atoms with E-state index in [9.17, 15) is 4.79 Å². The first-order chi connectivity index (χ1) is 15.6. The van der Waals surface area contributed by atoms with E-state index in [0.717, 1.165) is 84.4 Å². The SMILES string of the molecule is CC(=O)O.CC(=O)O.CN(CCc1cn[nH]c1)C(=O)[C@@H]1CC[C@H](N)CN(C2CCOCC2)C1. The summed E-state index contributed by atoms with van der Waals surface area (Å²) >= 11 is 0. The van der Waals surface area contributed by atoms with Crippen molar-refractivity contribution >= 4 is 17.8 Å². The molecule has 0 aliphatic carbocycles. The van der Waals surface area contributed by atoms with Gasteiger partial charge >= 0.3 is 0 Å². The fourth-order valence-corrected chi connectivity index (χ4v) is 3.94. The van der Waals surface area contributed by atoms with Gasteiger partial charge in [0, 0.05) is 72.0 Å². The van der Waals surface area contributed by atoms with Crippen LogP contribution in [-0.4, -0.2) is 100 Å². The van der Waals surface area contributed by atoms with Gasteiger partial charge in [-0.25, -0.2) is 0 Å². The fraction of sp³-hybridized carbons (Fsp3) is 0.727. The molecule has 0 unspecified atom stereocenters. The number of nitrogens with two attached hydrogens (primary N) is 1. The molecule has 1 aromatic heterocycles. The maximum atomic E-state index is 13.0. The van der Waals surface area contributed by atoms with E-state index in [-0.39, 0.29) is 17.9 Å². The number of hydrogen-bond donors (Lipinski definition) is 4. The average Bonchev–Trinajstić information content (AvgIpc) is 3.19. The maximum Gasteiger partial charge on any atom is 0.300 e. The van der Waals surface area contributed by atoms with Gasteiger partial charge in [-0.3, -0.25) is 24.4 Å². The van der Waals surface area contributed by atoms with Gasteiger partial charge in [0.2, 0.25) is 5.91 Å². The Kier molecular flexibility index (Phi) is 13.3. The van der Waals surface area contributed by atoms with E-state index in [2.05, 4.69) is 15.1 Å². The second kappa shape index (κ2) is 15.4. The summed E-state index contributed by atoms with van der Waals surface area (Å²) in [4.78, 5) is 35.3. The number of likely N-dealkylation sites (N-methyl/N-ethyl adjacent to an activating group) is 1. The van der Waals surface area contributed by atoms with Crippen molar-refractivity contribution in [3.8, 4) is 0 Å². The normalized spacial score (nSPS) is 21.5. The first-order valence-electron chi connectivity index (χ1n) is 11.3. The number of aromatic nitrogens is 2. The van der Waals surface area contributed by atoms with Crippen molar-refractivity contribution in [3.63, 3.8) is 0 Å². The number of rotatable bonds is 5. The number of hydrogen-bond acceptors (Lipinski definition) is 7. The number of likely N-dealkylation sites (tertiary alicyclic amines) is 1. The molecule has 33 heavy (non-hydrogen) atoms. The average molecular weight is 470 g/mol. The van der Waals surface area contributed by atoms with Crippen molar-refractivity contribution in [2.45, 2.75) is 58.0 Å². The van der Waals surface area contributed by atoms with Gasteiger partial charge in [0.15, 0.2) is 0 Å². The second-order valence-corrected chi connectivity index (χ2v) is 8.49. The van der Waals surface area contributed by atoms with Crippen LogP contribution in [0.3, 0.4) is 0 Å². The smallest absolute Gasteiger partial charge is 0.300 e. The standard InChI is InChI=1S/C18H31N5O2.2C2H4O2/c1-22(7-4-14-10-20-21-11-14)18(24)15-2-3-16(19)13-23(12-15)17-5-8-25-9-6-17;2*1-2(3)4/h10-11,15-17H,2-9,12-13,19H2,1H3,(H,20,21);2*1H3,(H,3,4)/t15-,16+;;/m1../s1. The van der Waals surface area contributed by atoms with E-state index in [4.69, 9.17) is 30.3 Å². The number of carbonyl (C=O) groups excluding carboxylic acids is 1. The molecule has 0 spiro atoms. The van der Waals surface area contributed by atoms with Crippen molar-refractivity contribution in [1.82, 2.24) is 20.0 Å². The zero-order valence-electron chi connectivity index (χ0n) is 19.9. The monoisotopic (exact) mass is 469 g/mol. The van der Waals surface area contributed by atoms with Crippen LogP contribution in [0.2, 0.25) is 0 Å². The number of H-pyrrole nitrogens is 1. The minimum absolute atomic E-state index is 0.0470. The molecule has 3 heterocycles. The lowest BCUT2D eigenvalue weighted by molar-refractivity contribution is -0.135. The molecule has 2 atom stereocenters. The van der Waals surface area contributed by atoms with Crippen LogP contribution in [0.4, 0.5) is 0 Å². The lowest BCUT2D eigenvalue weighted by atomic mass is 9.99. The summed E-state index contributed by atoms with van der Waals surface area (Å²) in [5, 5.41) is 21.6. The van der Waals surface area contributed by atoms with Crippen molar-refractivity contribution in [1.29, 1.82) is 0 Å². The zero-order chi connectivity index (χ0) is 24.8. The van der Waals surface area contributed by atoms with E-state index in [1.54, 1.807) is 0 Å². The van der Waals surface area contributed by atoms with E-state index in [1.165, 1.54) is 0 Å². The molecule has 0 aromatic carbocycles. The number of carbonyl (C=O) groups is 3. The third kappa shape index (κ3) is 12.4. The van der Waals surface area contributed by atoms with Crippen molar-refractivity contribution < 1.29 is 29.3 Å². The molecule has 2 aliphatic rings. The molecule has 11 heteroatoms. The summed E-state index contributed by atoms with van der Waals surface area (Å²) in [6, 6.07) is 0.668. The molecule has 0 radical (unpaired) electrons. The Morgan fingerprint density at radius 2 is 1.76 bits per heavy atom. The van der Waals surface area contributed by atoms with Crippen LogP contribution in [0.15, 0.2) is 12.4 Å². The predicted octanol–water partition coefficient (Wildman–Crippen LogP) is 0.811. The molecule has 2 saturated heterocycles. The highest BCUT2D eigenvalue weighted by Gasteiger charge is 2.32. The molecule has 0 bridgehead atoms. The lowest BCUT2D eigenvalue weighted by Gasteiger charge is -2.36. The van der Waals surface area contributed by atoms with Gasteiger partial charge in [-0.15, -0.1) is 0 Å². The molecule has 2 fully saturated rings. The van der Waals surface area contributed by atoms with Crippen LogP contribution < -0.4 is 5.73 Å². The summed E-state index contributed by atoms with van der Waals surface area (Å²) in [6.07, 6.45) is 8.43. The highest BCUT2D eigenvalue weighted by molar-refractivity contribution is 5.78. The van der Waals surface area contributed by atoms with Crippen LogP contribution in [0, 0.1) is 5.92 Å². The molecular formula is C22H39N5O6. The van der Waals surface area contributed by atoms with Crippen molar-refractivity contribution in [3.05, 3.63) is 18.0 Å². The maximum absolute atomic E-state index is 13.0. The van der Waals surface area contributed by atoms with Gasteiger partial charge in [0.25, 0.3) is 11.9 Å². The van der Waals surface area contributed by atoms with Gasteiger partial charge < -0.3 is 25.6 Å². The van der Waals surface area contributed by atoms with Crippen LogP contribution in [0.25, 0.3) is 0 Å². The first kappa shape index (κ1) is 28.5.